The molecule has 2 aromatic carbocycles. The van der Waals surface area contributed by atoms with Crippen LogP contribution in [-0.2, 0) is 29.8 Å². The van der Waals surface area contributed by atoms with Crippen LogP contribution in [0.15, 0.2) is 47.4 Å². The standard InChI is InChI=1S/C26H32ClN2O8PS2/c1-6-34-38(35-7-2)16-23-24(27)39-26(28-23)29-25(30)18-12-20(36-17(3)15-33-4)14-21(13-18)37-19-8-10-22(11-9-19)40(5,31)32/h8-14,17H,6-7,15-16H2,1-5H3,(H,28,29,30)/t17-/m0/s1. The van der Waals surface area contributed by atoms with Gasteiger partial charge in [0.25, 0.3) is 5.91 Å². The van der Waals surface area contributed by atoms with Gasteiger partial charge in [-0.05, 0) is 57.2 Å². The highest BCUT2D eigenvalue weighted by atomic mass is 35.5. The van der Waals surface area contributed by atoms with Crippen LogP contribution in [0.4, 0.5) is 5.13 Å². The lowest BCUT2D eigenvalue weighted by Crippen LogP contribution is -2.18. The van der Waals surface area contributed by atoms with Gasteiger partial charge < -0.3 is 23.3 Å². The Morgan fingerprint density at radius 1 is 1.07 bits per heavy atom. The van der Waals surface area contributed by atoms with Crippen molar-refractivity contribution < 1.29 is 36.5 Å². The molecule has 0 saturated heterocycles. The first kappa shape index (κ1) is 32.2. The van der Waals surface area contributed by atoms with Gasteiger partial charge in [0.1, 0.15) is 27.7 Å². The quantitative estimate of drug-likeness (QED) is 0.186. The first-order valence-electron chi connectivity index (χ1n) is 12.3. The minimum Gasteiger partial charge on any atom is -0.488 e. The van der Waals surface area contributed by atoms with Gasteiger partial charge in [-0.3, -0.25) is 10.1 Å². The van der Waals surface area contributed by atoms with Crippen LogP contribution < -0.4 is 14.8 Å². The Hall–Kier alpha value is -2.31. The summed E-state index contributed by atoms with van der Waals surface area (Å²) in [6, 6.07) is 10.7. The predicted octanol–water partition coefficient (Wildman–Crippen LogP) is 6.54. The molecule has 0 spiro atoms. The number of sulfone groups is 1. The van der Waals surface area contributed by atoms with Crippen molar-refractivity contribution in [1.29, 1.82) is 0 Å². The van der Waals surface area contributed by atoms with Crippen LogP contribution in [0.2, 0.25) is 4.34 Å². The number of methoxy groups -OCH3 is 1. The van der Waals surface area contributed by atoms with Crippen LogP contribution in [-0.4, -0.2) is 58.6 Å². The number of carbonyl (C=O) groups excluding carboxylic acids is 1. The van der Waals surface area contributed by atoms with Crippen LogP contribution in [0.5, 0.6) is 17.2 Å². The highest BCUT2D eigenvalue weighted by Crippen LogP contribution is 2.44. The number of hydrogen-bond donors (Lipinski definition) is 1. The molecule has 1 amide bonds. The Balaban J connectivity index is 1.84. The van der Waals surface area contributed by atoms with Crippen molar-refractivity contribution in [3.63, 3.8) is 0 Å². The molecule has 0 radical (unpaired) electrons. The van der Waals surface area contributed by atoms with Gasteiger partial charge in [0.2, 0.25) is 0 Å². The summed E-state index contributed by atoms with van der Waals surface area (Å²) in [5.74, 6) is 0.640. The van der Waals surface area contributed by atoms with Gasteiger partial charge in [0, 0.05) is 25.0 Å². The third kappa shape index (κ3) is 9.66. The summed E-state index contributed by atoms with van der Waals surface area (Å²) in [7, 11) is -2.97. The van der Waals surface area contributed by atoms with Gasteiger partial charge in [-0.1, -0.05) is 22.9 Å². The van der Waals surface area contributed by atoms with Crippen LogP contribution >= 0.6 is 31.3 Å². The molecule has 1 N–H and O–H groups in total. The molecule has 1 aromatic heterocycles. The normalized spacial score (nSPS) is 12.4. The fourth-order valence-corrected chi connectivity index (χ4v) is 6.58. The van der Waals surface area contributed by atoms with Gasteiger partial charge in [0.15, 0.2) is 23.3 Å². The predicted molar refractivity (Wildman–Crippen MR) is 157 cm³/mol. The molecule has 14 heteroatoms. The van der Waals surface area contributed by atoms with Crippen molar-refractivity contribution in [1.82, 2.24) is 4.98 Å². The molecule has 0 fully saturated rings. The summed E-state index contributed by atoms with van der Waals surface area (Å²) in [4.78, 5) is 17.9. The van der Waals surface area contributed by atoms with Crippen LogP contribution in [0, 0.1) is 0 Å². The number of carbonyl (C=O) groups is 1. The molecule has 3 aromatic rings. The smallest absolute Gasteiger partial charge is 0.257 e. The maximum absolute atomic E-state index is 13.2. The second kappa shape index (κ2) is 15.1. The summed E-state index contributed by atoms with van der Waals surface area (Å²) >= 11 is 7.54. The van der Waals surface area contributed by atoms with Crippen molar-refractivity contribution in [2.45, 2.75) is 37.9 Å². The lowest BCUT2D eigenvalue weighted by atomic mass is 10.2. The van der Waals surface area contributed by atoms with E-state index >= 15 is 0 Å². The summed E-state index contributed by atoms with van der Waals surface area (Å²) < 4.78 is 52.3. The van der Waals surface area contributed by atoms with Crippen molar-refractivity contribution in [2.24, 2.45) is 0 Å². The number of hydrogen-bond acceptors (Lipinski definition) is 10. The summed E-state index contributed by atoms with van der Waals surface area (Å²) in [6.07, 6.45) is 1.24. The van der Waals surface area contributed by atoms with E-state index in [4.69, 9.17) is 34.9 Å². The fourth-order valence-electron chi connectivity index (χ4n) is 3.41. The lowest BCUT2D eigenvalue weighted by molar-refractivity contribution is 0.0916. The molecule has 0 aliphatic heterocycles. The summed E-state index contributed by atoms with van der Waals surface area (Å²) in [5.41, 5.74) is 0.839. The molecule has 3 rings (SSSR count). The number of thiazole rings is 1. The SMILES string of the molecule is CCOP(Cc1nc(NC(=O)c2cc(Oc3ccc(S(C)(=O)=O)cc3)cc(O[C@@H](C)COC)c2)sc1Cl)OCC. The minimum atomic E-state index is -3.35. The molecule has 1 heterocycles. The average molecular weight is 631 g/mol. The van der Waals surface area contributed by atoms with Gasteiger partial charge in [-0.15, -0.1) is 0 Å². The van der Waals surface area contributed by atoms with Crippen LogP contribution in [0.25, 0.3) is 0 Å². The highest BCUT2D eigenvalue weighted by Gasteiger charge is 2.20. The number of halogens is 1. The lowest BCUT2D eigenvalue weighted by Gasteiger charge is -2.16. The maximum Gasteiger partial charge on any atom is 0.257 e. The van der Waals surface area contributed by atoms with E-state index in [1.165, 1.54) is 24.3 Å². The van der Waals surface area contributed by atoms with Gasteiger partial charge >= 0.3 is 0 Å². The van der Waals surface area contributed by atoms with Crippen molar-refractivity contribution in [3.05, 3.63) is 58.1 Å². The van der Waals surface area contributed by atoms with Gasteiger partial charge in [0.05, 0.1) is 36.6 Å². The molecule has 0 bridgehead atoms. The molecule has 0 aliphatic rings. The van der Waals surface area contributed by atoms with Crippen LogP contribution in [0.3, 0.4) is 0 Å². The van der Waals surface area contributed by atoms with Crippen molar-refractivity contribution >= 4 is 52.2 Å². The Kier molecular flexibility index (Phi) is 12.1. The van der Waals surface area contributed by atoms with Gasteiger partial charge in [-0.2, -0.15) is 0 Å². The number of anilines is 1. The molecule has 0 aliphatic carbocycles. The van der Waals surface area contributed by atoms with E-state index in [0.29, 0.717) is 58.4 Å². The zero-order valence-corrected chi connectivity index (χ0v) is 26.1. The Labute approximate surface area is 244 Å². The maximum atomic E-state index is 13.2. The largest absolute Gasteiger partial charge is 0.488 e. The van der Waals surface area contributed by atoms with Gasteiger partial charge in [-0.25, -0.2) is 13.4 Å². The van der Waals surface area contributed by atoms with Crippen LogP contribution in [0.1, 0.15) is 36.8 Å². The molecular formula is C26H32ClN2O8PS2. The Bertz CT molecular complexity index is 1380. The third-order valence-electron chi connectivity index (χ3n) is 5.06. The second-order valence-electron chi connectivity index (χ2n) is 8.44. The van der Waals surface area contributed by atoms with Crippen molar-refractivity contribution in [2.75, 3.05) is 38.5 Å². The third-order valence-corrected chi connectivity index (χ3v) is 9.09. The van der Waals surface area contributed by atoms with E-state index in [1.807, 2.05) is 20.8 Å². The van der Waals surface area contributed by atoms with E-state index in [9.17, 15) is 13.2 Å². The highest BCUT2D eigenvalue weighted by molar-refractivity contribution is 7.90. The number of amides is 1. The number of benzene rings is 2. The molecular weight excluding hydrogens is 599 g/mol. The molecule has 1 atom stereocenters. The fraction of sp³-hybridized carbons (Fsp3) is 0.385. The minimum absolute atomic E-state index is 0.168. The number of nitrogens with zero attached hydrogens (tertiary/aromatic N) is 1. The molecule has 0 unspecified atom stereocenters. The van der Waals surface area contributed by atoms with E-state index in [-0.39, 0.29) is 16.6 Å². The topological polar surface area (TPSA) is 122 Å². The molecule has 218 valence electrons. The summed E-state index contributed by atoms with van der Waals surface area (Å²) in [6.45, 7) is 6.96. The van der Waals surface area contributed by atoms with Crippen molar-refractivity contribution in [3.8, 4) is 17.2 Å². The zero-order valence-electron chi connectivity index (χ0n) is 22.8. The number of nitrogens with one attached hydrogen (secondary N) is 1. The zero-order chi connectivity index (χ0) is 29.3. The van der Waals surface area contributed by atoms with E-state index in [2.05, 4.69) is 10.3 Å². The summed E-state index contributed by atoms with van der Waals surface area (Å²) in [5, 5.41) is 3.11. The Morgan fingerprint density at radius 3 is 2.33 bits per heavy atom. The monoisotopic (exact) mass is 630 g/mol. The van der Waals surface area contributed by atoms with E-state index < -0.39 is 24.1 Å². The first-order chi connectivity index (χ1) is 19.0. The number of ether oxygens (including phenoxy) is 3. The Morgan fingerprint density at radius 2 is 1.73 bits per heavy atom. The number of rotatable bonds is 15. The first-order valence-corrected chi connectivity index (χ1v) is 16.8. The molecule has 0 saturated carbocycles. The average Bonchev–Trinajstić information content (AvgIpc) is 3.22. The number of aromatic nitrogens is 1. The van der Waals surface area contributed by atoms with E-state index in [0.717, 1.165) is 17.6 Å². The molecule has 40 heavy (non-hydrogen) atoms. The second-order valence-corrected chi connectivity index (χ2v) is 13.6. The van der Waals surface area contributed by atoms with E-state index in [1.54, 1.807) is 25.3 Å². The molecule has 10 nitrogen and oxygen atoms in total.